The van der Waals surface area contributed by atoms with Crippen molar-refractivity contribution in [2.45, 2.75) is 71.1 Å². The van der Waals surface area contributed by atoms with Crippen LogP contribution in [0.5, 0.6) is 0 Å². The summed E-state index contributed by atoms with van der Waals surface area (Å²) < 4.78 is 11.3. The first-order chi connectivity index (χ1) is 20.6. The number of hydrogen-bond acceptors (Lipinski definition) is 11. The molecule has 0 spiro atoms. The minimum atomic E-state index is -0.406. The summed E-state index contributed by atoms with van der Waals surface area (Å²) in [5, 5.41) is 18.4. The van der Waals surface area contributed by atoms with Crippen LogP contribution in [0, 0.1) is 11.3 Å². The predicted molar refractivity (Wildman–Crippen MR) is 171 cm³/mol. The van der Waals surface area contributed by atoms with E-state index in [1.54, 1.807) is 35.7 Å². The summed E-state index contributed by atoms with van der Waals surface area (Å²) in [6.45, 7) is 3.06. The number of aromatic nitrogens is 2. The van der Waals surface area contributed by atoms with Crippen molar-refractivity contribution in [3.8, 4) is 6.07 Å². The van der Waals surface area contributed by atoms with E-state index in [0.29, 0.717) is 32.2 Å². The largest absolute Gasteiger partial charge is 0.388 e. The minimum absolute atomic E-state index is 0.139. The molecule has 0 radical (unpaired) electrons. The van der Waals surface area contributed by atoms with Crippen molar-refractivity contribution in [3.05, 3.63) is 73.6 Å². The number of nitriles is 1. The molecule has 0 aliphatic carbocycles. The molecule has 42 heavy (non-hydrogen) atoms. The van der Waals surface area contributed by atoms with E-state index in [2.05, 4.69) is 27.5 Å². The third kappa shape index (κ3) is 9.26. The van der Waals surface area contributed by atoms with Crippen molar-refractivity contribution < 1.29 is 8.83 Å². The van der Waals surface area contributed by atoms with E-state index < -0.39 is 5.63 Å². The monoisotopic (exact) mass is 605 g/mol. The van der Waals surface area contributed by atoms with Crippen LogP contribution >= 0.6 is 22.7 Å². The second-order valence-electron chi connectivity index (χ2n) is 9.81. The van der Waals surface area contributed by atoms with Crippen LogP contribution < -0.4 is 21.9 Å². The number of unbranched alkanes of at least 4 members (excludes halogenated alkanes) is 9. The smallest absolute Gasteiger partial charge is 0.358 e. The first kappa shape index (κ1) is 30.9. The van der Waals surface area contributed by atoms with E-state index in [1.807, 2.05) is 17.5 Å². The summed E-state index contributed by atoms with van der Waals surface area (Å²) in [6, 6.07) is 12.9. The lowest BCUT2D eigenvalue weighted by atomic mass is 10.1. The standard InChI is InChI=1S/C18H28N2O2S.C13H7N3O2S/c1-2-3-4-5-6-7-8-9-10-11-13-19-18-20-15-12-14-23-16(15)17(21)22-18;14-7-8-1-3-9(4-2-8)15-13-16-10-5-6-19-11(10)12(17)18-13/h12,14H,2-11,13H2,1H3,(H,19,20);1-6H,(H,15,16). The summed E-state index contributed by atoms with van der Waals surface area (Å²) >= 11 is 2.67. The van der Waals surface area contributed by atoms with Gasteiger partial charge in [-0.1, -0.05) is 64.7 Å². The molecule has 0 saturated carbocycles. The Balaban J connectivity index is 0.000000196. The predicted octanol–water partition coefficient (Wildman–Crippen LogP) is 8.45. The lowest BCUT2D eigenvalue weighted by Gasteiger charge is -2.04. The molecule has 0 bridgehead atoms. The van der Waals surface area contributed by atoms with Gasteiger partial charge in [-0.05, 0) is 53.6 Å². The fourth-order valence-electron chi connectivity index (χ4n) is 4.31. The number of thiophene rings is 2. The zero-order valence-electron chi connectivity index (χ0n) is 23.7. The molecule has 0 aliphatic heterocycles. The molecule has 4 heterocycles. The highest BCUT2D eigenvalue weighted by atomic mass is 32.1. The molecular weight excluding hydrogens is 571 g/mol. The fraction of sp³-hybridized carbons (Fsp3) is 0.387. The van der Waals surface area contributed by atoms with Crippen molar-refractivity contribution in [1.29, 1.82) is 5.26 Å². The first-order valence-corrected chi connectivity index (χ1v) is 16.1. The SMILES string of the molecule is CCCCCCCCCCCCNc1nc2ccsc2c(=O)o1.N#Cc1ccc(Nc2nc3ccsc3c(=O)o2)cc1. The van der Waals surface area contributed by atoms with Gasteiger partial charge in [0.15, 0.2) is 0 Å². The quantitative estimate of drug-likeness (QED) is 0.120. The molecule has 1 aromatic carbocycles. The Kier molecular flexibility index (Phi) is 12.1. The Morgan fingerprint density at radius 3 is 1.83 bits per heavy atom. The van der Waals surface area contributed by atoms with Crippen LogP contribution in [0.3, 0.4) is 0 Å². The van der Waals surface area contributed by atoms with Gasteiger partial charge in [0.25, 0.3) is 6.01 Å². The van der Waals surface area contributed by atoms with Crippen molar-refractivity contribution >= 4 is 60.8 Å². The average Bonchev–Trinajstić information content (AvgIpc) is 3.67. The zero-order chi connectivity index (χ0) is 29.6. The summed E-state index contributed by atoms with van der Waals surface area (Å²) in [6.07, 6.45) is 13.2. The Labute approximate surface area is 252 Å². The van der Waals surface area contributed by atoms with E-state index in [1.165, 1.54) is 80.5 Å². The van der Waals surface area contributed by atoms with E-state index >= 15 is 0 Å². The Morgan fingerprint density at radius 2 is 1.26 bits per heavy atom. The summed E-state index contributed by atoms with van der Waals surface area (Å²) in [7, 11) is 0. The minimum Gasteiger partial charge on any atom is -0.388 e. The molecule has 0 unspecified atom stereocenters. The van der Waals surface area contributed by atoms with Gasteiger partial charge >= 0.3 is 17.3 Å². The second-order valence-corrected chi connectivity index (χ2v) is 11.6. The third-order valence-corrected chi connectivity index (χ3v) is 8.32. The van der Waals surface area contributed by atoms with E-state index in [4.69, 9.17) is 14.1 Å². The second kappa shape index (κ2) is 16.4. The van der Waals surface area contributed by atoms with Crippen LogP contribution in [0.25, 0.3) is 20.4 Å². The number of anilines is 3. The summed E-state index contributed by atoms with van der Waals surface area (Å²) in [4.78, 5) is 31.9. The van der Waals surface area contributed by atoms with Crippen LogP contribution in [0.4, 0.5) is 17.7 Å². The maximum Gasteiger partial charge on any atom is 0.358 e. The van der Waals surface area contributed by atoms with Crippen molar-refractivity contribution in [1.82, 2.24) is 9.97 Å². The summed E-state index contributed by atoms with van der Waals surface area (Å²) in [5.41, 5.74) is 1.89. The third-order valence-electron chi connectivity index (χ3n) is 6.55. The molecule has 5 rings (SSSR count). The number of nitrogens with one attached hydrogen (secondary N) is 2. The van der Waals surface area contributed by atoms with Gasteiger partial charge in [0.2, 0.25) is 0 Å². The van der Waals surface area contributed by atoms with Crippen LogP contribution in [-0.4, -0.2) is 16.5 Å². The van der Waals surface area contributed by atoms with Gasteiger partial charge in [-0.15, -0.1) is 22.7 Å². The number of rotatable bonds is 14. The fourth-order valence-corrected chi connectivity index (χ4v) is 5.72. The molecule has 0 amide bonds. The van der Waals surface area contributed by atoms with Crippen molar-refractivity contribution in [2.75, 3.05) is 17.2 Å². The van der Waals surface area contributed by atoms with Crippen LogP contribution in [0.2, 0.25) is 0 Å². The Hall–Kier alpha value is -4.01. The van der Waals surface area contributed by atoms with Gasteiger partial charge < -0.3 is 19.5 Å². The van der Waals surface area contributed by atoms with Crippen molar-refractivity contribution in [3.63, 3.8) is 0 Å². The summed E-state index contributed by atoms with van der Waals surface area (Å²) in [5.74, 6) is 0. The number of fused-ring (bicyclic) bond motifs is 2. The molecule has 0 aliphatic rings. The Bertz CT molecular complexity index is 1700. The van der Waals surface area contributed by atoms with E-state index in [0.717, 1.165) is 18.5 Å². The highest BCUT2D eigenvalue weighted by Crippen LogP contribution is 2.20. The Morgan fingerprint density at radius 1 is 0.738 bits per heavy atom. The van der Waals surface area contributed by atoms with Gasteiger partial charge in [-0.25, -0.2) is 9.59 Å². The van der Waals surface area contributed by atoms with Crippen LogP contribution in [-0.2, 0) is 0 Å². The number of hydrogen-bond donors (Lipinski definition) is 2. The molecule has 2 N–H and O–H groups in total. The first-order valence-electron chi connectivity index (χ1n) is 14.3. The highest BCUT2D eigenvalue weighted by molar-refractivity contribution is 7.17. The zero-order valence-corrected chi connectivity index (χ0v) is 25.3. The lowest BCUT2D eigenvalue weighted by Crippen LogP contribution is -2.07. The van der Waals surface area contributed by atoms with Crippen LogP contribution in [0.1, 0.15) is 76.7 Å². The van der Waals surface area contributed by atoms with Crippen LogP contribution in [0.15, 0.2) is 65.6 Å². The van der Waals surface area contributed by atoms with Gasteiger partial charge in [0.05, 0.1) is 22.7 Å². The molecule has 0 atom stereocenters. The van der Waals surface area contributed by atoms with Gasteiger partial charge in [0.1, 0.15) is 9.40 Å². The molecule has 11 heteroatoms. The molecule has 0 fully saturated rings. The van der Waals surface area contributed by atoms with E-state index in [-0.39, 0.29) is 11.6 Å². The molecule has 4 aromatic heterocycles. The molecule has 0 saturated heterocycles. The maximum atomic E-state index is 11.7. The van der Waals surface area contributed by atoms with E-state index in [9.17, 15) is 9.59 Å². The molecule has 220 valence electrons. The van der Waals surface area contributed by atoms with Gasteiger partial charge in [-0.3, -0.25) is 0 Å². The van der Waals surface area contributed by atoms with Crippen molar-refractivity contribution in [2.24, 2.45) is 0 Å². The molecular formula is C31H35N5O4S2. The maximum absolute atomic E-state index is 11.7. The highest BCUT2D eigenvalue weighted by Gasteiger charge is 2.08. The lowest BCUT2D eigenvalue weighted by molar-refractivity contribution is 0.514. The number of nitrogens with zero attached hydrogens (tertiary/aromatic N) is 3. The molecule has 9 nitrogen and oxygen atoms in total. The van der Waals surface area contributed by atoms with Gasteiger partial charge in [0, 0.05) is 12.2 Å². The van der Waals surface area contributed by atoms with Gasteiger partial charge in [-0.2, -0.15) is 15.2 Å². The normalized spacial score (nSPS) is 10.8. The molecule has 5 aromatic rings. The average molecular weight is 606 g/mol. The topological polar surface area (TPSA) is 134 Å². The number of benzene rings is 1.